The molecule has 1 heterocycles. The van der Waals surface area contributed by atoms with Crippen LogP contribution in [0.15, 0.2) is 10.9 Å². The van der Waals surface area contributed by atoms with Gasteiger partial charge in [0, 0.05) is 32.6 Å². The van der Waals surface area contributed by atoms with E-state index in [2.05, 4.69) is 15.3 Å². The number of rotatable bonds is 5. The number of nitrogens with zero attached hydrogens (tertiary/aromatic N) is 2. The lowest BCUT2D eigenvalue weighted by molar-refractivity contribution is 0.755. The summed E-state index contributed by atoms with van der Waals surface area (Å²) >= 11 is 0. The zero-order valence-electron chi connectivity index (χ0n) is 9.50. The Morgan fingerprint density at radius 2 is 2.33 bits per heavy atom. The molecule has 0 radical (unpaired) electrons. The SMILES string of the molecule is CCc1nc(N(C)CCNC)cc(=O)[nH]1. The maximum atomic E-state index is 11.3. The van der Waals surface area contributed by atoms with Crippen molar-refractivity contribution >= 4 is 5.82 Å². The van der Waals surface area contributed by atoms with E-state index in [0.29, 0.717) is 0 Å². The van der Waals surface area contributed by atoms with Crippen LogP contribution in [0, 0.1) is 0 Å². The average Bonchev–Trinajstić information content (AvgIpc) is 2.24. The van der Waals surface area contributed by atoms with E-state index in [1.54, 1.807) is 0 Å². The van der Waals surface area contributed by atoms with Crippen molar-refractivity contribution in [3.63, 3.8) is 0 Å². The highest BCUT2D eigenvalue weighted by Gasteiger charge is 2.04. The van der Waals surface area contributed by atoms with Crippen LogP contribution in [0.2, 0.25) is 0 Å². The van der Waals surface area contributed by atoms with Gasteiger partial charge in [0.05, 0.1) is 0 Å². The summed E-state index contributed by atoms with van der Waals surface area (Å²) in [5.74, 6) is 1.46. The molecular formula is C10H18N4O. The van der Waals surface area contributed by atoms with Crippen molar-refractivity contribution in [2.75, 3.05) is 32.1 Å². The molecule has 0 bridgehead atoms. The summed E-state index contributed by atoms with van der Waals surface area (Å²) < 4.78 is 0. The molecule has 0 aromatic carbocycles. The van der Waals surface area contributed by atoms with Gasteiger partial charge >= 0.3 is 0 Å². The fourth-order valence-corrected chi connectivity index (χ4v) is 1.25. The summed E-state index contributed by atoms with van der Waals surface area (Å²) in [6.45, 7) is 3.66. The Hall–Kier alpha value is -1.36. The Bertz CT molecular complexity index is 361. The monoisotopic (exact) mass is 210 g/mol. The van der Waals surface area contributed by atoms with Gasteiger partial charge in [-0.05, 0) is 7.05 Å². The van der Waals surface area contributed by atoms with Crippen LogP contribution in [0.1, 0.15) is 12.7 Å². The summed E-state index contributed by atoms with van der Waals surface area (Å²) in [6, 6.07) is 1.52. The summed E-state index contributed by atoms with van der Waals surface area (Å²) in [4.78, 5) is 20.3. The molecule has 0 saturated heterocycles. The lowest BCUT2D eigenvalue weighted by atomic mass is 10.4. The molecule has 0 aliphatic heterocycles. The highest BCUT2D eigenvalue weighted by molar-refractivity contribution is 5.36. The Morgan fingerprint density at radius 3 is 2.93 bits per heavy atom. The predicted molar refractivity (Wildman–Crippen MR) is 61.4 cm³/mol. The second kappa shape index (κ2) is 5.50. The molecular weight excluding hydrogens is 192 g/mol. The fraction of sp³-hybridized carbons (Fsp3) is 0.600. The smallest absolute Gasteiger partial charge is 0.252 e. The third-order valence-electron chi connectivity index (χ3n) is 2.20. The first-order chi connectivity index (χ1) is 7.17. The molecule has 0 aliphatic carbocycles. The van der Waals surface area contributed by atoms with E-state index in [9.17, 15) is 4.79 Å². The van der Waals surface area contributed by atoms with E-state index in [4.69, 9.17) is 0 Å². The molecule has 1 aromatic rings. The Kier molecular flexibility index (Phi) is 4.30. The normalized spacial score (nSPS) is 10.3. The van der Waals surface area contributed by atoms with Crippen LogP contribution in [-0.2, 0) is 6.42 Å². The Labute approximate surface area is 89.5 Å². The van der Waals surface area contributed by atoms with Gasteiger partial charge in [-0.15, -0.1) is 0 Å². The molecule has 0 fully saturated rings. The van der Waals surface area contributed by atoms with Crippen LogP contribution in [0.3, 0.4) is 0 Å². The minimum Gasteiger partial charge on any atom is -0.358 e. The van der Waals surface area contributed by atoms with Gasteiger partial charge in [0.25, 0.3) is 5.56 Å². The van der Waals surface area contributed by atoms with Crippen LogP contribution in [0.25, 0.3) is 0 Å². The minimum atomic E-state index is -0.0897. The van der Waals surface area contributed by atoms with Crippen LogP contribution in [0.5, 0.6) is 0 Å². The van der Waals surface area contributed by atoms with E-state index in [-0.39, 0.29) is 5.56 Å². The van der Waals surface area contributed by atoms with E-state index >= 15 is 0 Å². The Balaban J connectivity index is 2.83. The zero-order chi connectivity index (χ0) is 11.3. The molecule has 0 aliphatic rings. The van der Waals surface area contributed by atoms with Crippen LogP contribution in [0.4, 0.5) is 5.82 Å². The second-order valence-electron chi connectivity index (χ2n) is 3.43. The molecule has 0 amide bonds. The molecule has 84 valence electrons. The lowest BCUT2D eigenvalue weighted by Crippen LogP contribution is -2.29. The maximum absolute atomic E-state index is 11.3. The fourth-order valence-electron chi connectivity index (χ4n) is 1.25. The van der Waals surface area contributed by atoms with Gasteiger partial charge in [0.15, 0.2) is 0 Å². The van der Waals surface area contributed by atoms with Crippen molar-refractivity contribution < 1.29 is 0 Å². The highest BCUT2D eigenvalue weighted by atomic mass is 16.1. The first-order valence-electron chi connectivity index (χ1n) is 5.13. The molecule has 0 unspecified atom stereocenters. The van der Waals surface area contributed by atoms with Gasteiger partial charge in [0.1, 0.15) is 11.6 Å². The number of aromatic nitrogens is 2. The van der Waals surface area contributed by atoms with Crippen LogP contribution < -0.4 is 15.8 Å². The van der Waals surface area contributed by atoms with Crippen LogP contribution in [-0.4, -0.2) is 37.2 Å². The first-order valence-corrected chi connectivity index (χ1v) is 5.13. The predicted octanol–water partition coefficient (Wildman–Crippen LogP) is -0.0121. The quantitative estimate of drug-likeness (QED) is 0.717. The van der Waals surface area contributed by atoms with Crippen molar-refractivity contribution in [3.8, 4) is 0 Å². The number of aromatic amines is 1. The van der Waals surface area contributed by atoms with Gasteiger partial charge in [-0.2, -0.15) is 0 Å². The summed E-state index contributed by atoms with van der Waals surface area (Å²) in [5.41, 5.74) is -0.0897. The van der Waals surface area contributed by atoms with Crippen molar-refractivity contribution in [2.45, 2.75) is 13.3 Å². The van der Waals surface area contributed by atoms with Crippen molar-refractivity contribution in [3.05, 3.63) is 22.2 Å². The van der Waals surface area contributed by atoms with Gasteiger partial charge in [0.2, 0.25) is 0 Å². The number of anilines is 1. The van der Waals surface area contributed by atoms with Crippen LogP contribution >= 0.6 is 0 Å². The number of hydrogen-bond acceptors (Lipinski definition) is 4. The minimum absolute atomic E-state index is 0.0897. The molecule has 5 heteroatoms. The van der Waals surface area contributed by atoms with Crippen molar-refractivity contribution in [2.24, 2.45) is 0 Å². The number of nitrogens with one attached hydrogen (secondary N) is 2. The molecule has 1 rings (SSSR count). The lowest BCUT2D eigenvalue weighted by Gasteiger charge is -2.17. The molecule has 0 spiro atoms. The number of hydrogen-bond donors (Lipinski definition) is 2. The number of H-pyrrole nitrogens is 1. The Morgan fingerprint density at radius 1 is 1.60 bits per heavy atom. The molecule has 2 N–H and O–H groups in total. The van der Waals surface area contributed by atoms with Crippen molar-refractivity contribution in [1.29, 1.82) is 0 Å². The van der Waals surface area contributed by atoms with E-state index in [0.717, 1.165) is 31.2 Å². The maximum Gasteiger partial charge on any atom is 0.252 e. The van der Waals surface area contributed by atoms with Gasteiger partial charge < -0.3 is 15.2 Å². The first kappa shape index (κ1) is 11.7. The summed E-state index contributed by atoms with van der Waals surface area (Å²) in [7, 11) is 3.83. The highest BCUT2D eigenvalue weighted by Crippen LogP contribution is 2.04. The largest absolute Gasteiger partial charge is 0.358 e. The van der Waals surface area contributed by atoms with Crippen molar-refractivity contribution in [1.82, 2.24) is 15.3 Å². The summed E-state index contributed by atoms with van der Waals surface area (Å²) in [5, 5.41) is 3.06. The van der Waals surface area contributed by atoms with E-state index in [1.807, 2.05) is 25.9 Å². The third-order valence-corrected chi connectivity index (χ3v) is 2.20. The topological polar surface area (TPSA) is 61.0 Å². The summed E-state index contributed by atoms with van der Waals surface area (Å²) in [6.07, 6.45) is 0.739. The number of likely N-dealkylation sites (N-methyl/N-ethyl adjacent to an activating group) is 2. The van der Waals surface area contributed by atoms with E-state index in [1.165, 1.54) is 6.07 Å². The van der Waals surface area contributed by atoms with Gasteiger partial charge in [-0.1, -0.05) is 6.92 Å². The molecule has 1 aromatic heterocycles. The van der Waals surface area contributed by atoms with E-state index < -0.39 is 0 Å². The molecule has 5 nitrogen and oxygen atoms in total. The second-order valence-corrected chi connectivity index (χ2v) is 3.43. The third kappa shape index (κ3) is 3.36. The average molecular weight is 210 g/mol. The van der Waals surface area contributed by atoms with Gasteiger partial charge in [-0.3, -0.25) is 4.79 Å². The zero-order valence-corrected chi connectivity index (χ0v) is 9.50. The molecule has 0 atom stereocenters. The number of aryl methyl sites for hydroxylation is 1. The molecule has 15 heavy (non-hydrogen) atoms. The van der Waals surface area contributed by atoms with Gasteiger partial charge in [-0.25, -0.2) is 4.98 Å². The molecule has 0 saturated carbocycles. The standard InChI is InChI=1S/C10H18N4O/c1-4-8-12-9(7-10(15)13-8)14(3)6-5-11-2/h7,11H,4-6H2,1-3H3,(H,12,13,15).